The van der Waals surface area contributed by atoms with Crippen molar-refractivity contribution in [2.45, 2.75) is 212 Å². The van der Waals surface area contributed by atoms with E-state index < -0.39 is 0 Å². The van der Waals surface area contributed by atoms with Crippen LogP contribution in [0.1, 0.15) is 228 Å². The molecule has 0 fully saturated rings. The van der Waals surface area contributed by atoms with E-state index in [1.54, 1.807) is 11.8 Å². The van der Waals surface area contributed by atoms with Gasteiger partial charge in [-0.15, -0.1) is 0 Å². The van der Waals surface area contributed by atoms with Gasteiger partial charge in [0.05, 0.1) is 23.0 Å². The zero-order valence-electron chi connectivity index (χ0n) is 34.8. The molecule has 0 N–H and O–H groups in total. The highest BCUT2D eigenvalue weighted by molar-refractivity contribution is 8.05. The summed E-state index contributed by atoms with van der Waals surface area (Å²) in [6.07, 6.45) is 36.9. The normalized spacial score (nSPS) is 13.9. The summed E-state index contributed by atoms with van der Waals surface area (Å²) in [6, 6.07) is 12.4. The van der Waals surface area contributed by atoms with Crippen LogP contribution in [-0.2, 0) is 0 Å². The number of carbonyl (C=O) groups excluding carboxylic acids is 1. The number of Topliss-reactive ketones (excluding diaryl/α,β-unsaturated/α-hetero) is 1. The summed E-state index contributed by atoms with van der Waals surface area (Å²) in [7, 11) is 0. The van der Waals surface area contributed by atoms with Gasteiger partial charge in [-0.3, -0.25) is 4.79 Å². The highest BCUT2D eigenvalue weighted by Crippen LogP contribution is 2.53. The van der Waals surface area contributed by atoms with E-state index in [1.165, 1.54) is 140 Å². The fourth-order valence-corrected chi connectivity index (χ4v) is 8.85. The highest BCUT2D eigenvalue weighted by atomic mass is 32.2. The number of carbonyl (C=O) groups is 1. The Morgan fingerprint density at radius 3 is 1.53 bits per heavy atom. The molecule has 3 nitrogen and oxygen atoms in total. The fourth-order valence-electron chi connectivity index (χ4n) is 7.73. The third kappa shape index (κ3) is 17.4. The molecule has 0 bridgehead atoms. The monoisotopic (exact) mass is 747 g/mol. The van der Waals surface area contributed by atoms with Crippen LogP contribution in [0.25, 0.3) is 6.08 Å². The number of ketones is 1. The van der Waals surface area contributed by atoms with E-state index in [0.29, 0.717) is 19.1 Å². The number of rotatable bonds is 33. The SMILES string of the molecule is CCCCCCCCCCCCCCCCCCC(CCC)c1cc2c(c(OCCCCCC)c1OCCCCCC)SC(=Cc1ccccc1)C2=O. The van der Waals surface area contributed by atoms with E-state index in [-0.39, 0.29) is 5.78 Å². The first-order valence-corrected chi connectivity index (χ1v) is 23.4. The Morgan fingerprint density at radius 1 is 0.547 bits per heavy atom. The lowest BCUT2D eigenvalue weighted by molar-refractivity contribution is 0.104. The molecule has 1 heterocycles. The molecule has 0 amide bonds. The molecule has 0 saturated carbocycles. The van der Waals surface area contributed by atoms with Gasteiger partial charge in [-0.1, -0.05) is 217 Å². The Kier molecular flexibility index (Phi) is 24.8. The first-order chi connectivity index (χ1) is 26.1. The van der Waals surface area contributed by atoms with Gasteiger partial charge in [0, 0.05) is 11.1 Å². The summed E-state index contributed by atoms with van der Waals surface area (Å²) in [6.45, 7) is 10.5. The lowest BCUT2D eigenvalue weighted by Gasteiger charge is -2.24. The minimum Gasteiger partial charge on any atom is -0.489 e. The number of fused-ring (bicyclic) bond motifs is 1. The van der Waals surface area contributed by atoms with Crippen molar-refractivity contribution in [1.82, 2.24) is 0 Å². The lowest BCUT2D eigenvalue weighted by atomic mass is 9.86. The van der Waals surface area contributed by atoms with Gasteiger partial charge in [0.1, 0.15) is 0 Å². The molecule has 1 aliphatic rings. The van der Waals surface area contributed by atoms with Crippen LogP contribution in [0.15, 0.2) is 46.2 Å². The number of hydrogen-bond acceptors (Lipinski definition) is 4. The van der Waals surface area contributed by atoms with Crippen LogP contribution in [0.5, 0.6) is 11.5 Å². The van der Waals surface area contributed by atoms with Gasteiger partial charge in [-0.25, -0.2) is 0 Å². The largest absolute Gasteiger partial charge is 0.489 e. The van der Waals surface area contributed by atoms with Crippen molar-refractivity contribution in [3.8, 4) is 11.5 Å². The number of allylic oxidation sites excluding steroid dienone is 1. The zero-order chi connectivity index (χ0) is 37.8. The lowest BCUT2D eigenvalue weighted by Crippen LogP contribution is -2.11. The third-order valence-corrected chi connectivity index (χ3v) is 12.1. The third-order valence-electron chi connectivity index (χ3n) is 11.0. The number of benzene rings is 2. The zero-order valence-corrected chi connectivity index (χ0v) is 35.6. The molecular weight excluding hydrogens is 669 g/mol. The van der Waals surface area contributed by atoms with E-state index in [0.717, 1.165) is 71.0 Å². The first-order valence-electron chi connectivity index (χ1n) is 22.6. The maximum absolute atomic E-state index is 14.1. The average Bonchev–Trinajstić information content (AvgIpc) is 3.48. The number of ether oxygens (including phenoxy) is 2. The number of unbranched alkanes of at least 4 members (excludes halogenated alkanes) is 21. The van der Waals surface area contributed by atoms with Gasteiger partial charge >= 0.3 is 0 Å². The second-order valence-electron chi connectivity index (χ2n) is 15.7. The van der Waals surface area contributed by atoms with Crippen molar-refractivity contribution in [3.05, 3.63) is 58.0 Å². The minimum atomic E-state index is 0.123. The molecule has 4 heteroatoms. The molecule has 0 aromatic heterocycles. The Labute approximate surface area is 331 Å². The second kappa shape index (κ2) is 29.1. The van der Waals surface area contributed by atoms with E-state index in [1.807, 2.05) is 24.3 Å². The van der Waals surface area contributed by atoms with Gasteiger partial charge in [-0.05, 0) is 49.3 Å². The molecule has 2 aromatic rings. The van der Waals surface area contributed by atoms with Crippen molar-refractivity contribution >= 4 is 23.6 Å². The van der Waals surface area contributed by atoms with Crippen LogP contribution < -0.4 is 9.47 Å². The summed E-state index contributed by atoms with van der Waals surface area (Å²) < 4.78 is 13.5. The predicted molar refractivity (Wildman–Crippen MR) is 232 cm³/mol. The Hall–Kier alpha value is -2.20. The molecule has 53 heavy (non-hydrogen) atoms. The molecule has 298 valence electrons. The molecule has 1 aliphatic heterocycles. The summed E-state index contributed by atoms with van der Waals surface area (Å²) in [5, 5.41) is 0. The average molecular weight is 747 g/mol. The van der Waals surface area contributed by atoms with Crippen LogP contribution in [0, 0.1) is 0 Å². The van der Waals surface area contributed by atoms with Gasteiger partial charge in [-0.2, -0.15) is 0 Å². The van der Waals surface area contributed by atoms with E-state index in [2.05, 4.69) is 45.9 Å². The first kappa shape index (κ1) is 45.2. The Bertz CT molecular complexity index is 1270. The standard InChI is InChI=1S/C49H78O3S/c1-5-9-12-15-16-17-18-19-20-21-22-23-24-25-26-30-36-42(33-8-4)43-40-44-46(50)45(39-41-34-28-27-29-35-41)53-49(44)48(52-38-32-14-11-7-3)47(43)51-37-31-13-10-6-2/h27-29,34-35,39-40,42H,5-26,30-33,36-38H2,1-4H3. The second-order valence-corrected chi connectivity index (χ2v) is 16.8. The smallest absolute Gasteiger partial charge is 0.201 e. The molecule has 1 atom stereocenters. The summed E-state index contributed by atoms with van der Waals surface area (Å²) in [4.78, 5) is 15.8. The van der Waals surface area contributed by atoms with Crippen LogP contribution in [0.2, 0.25) is 0 Å². The molecular formula is C49H78O3S. The van der Waals surface area contributed by atoms with E-state index >= 15 is 0 Å². The van der Waals surface area contributed by atoms with Crippen molar-refractivity contribution in [1.29, 1.82) is 0 Å². The maximum Gasteiger partial charge on any atom is 0.201 e. The van der Waals surface area contributed by atoms with Crippen LogP contribution >= 0.6 is 11.8 Å². The van der Waals surface area contributed by atoms with Gasteiger partial charge in [0.15, 0.2) is 11.5 Å². The van der Waals surface area contributed by atoms with E-state index in [4.69, 9.17) is 9.47 Å². The van der Waals surface area contributed by atoms with Crippen molar-refractivity contribution in [2.24, 2.45) is 0 Å². The van der Waals surface area contributed by atoms with Crippen molar-refractivity contribution in [2.75, 3.05) is 13.2 Å². The van der Waals surface area contributed by atoms with Crippen LogP contribution in [0.3, 0.4) is 0 Å². The van der Waals surface area contributed by atoms with Gasteiger partial charge < -0.3 is 9.47 Å². The van der Waals surface area contributed by atoms with Gasteiger partial charge in [0.2, 0.25) is 5.78 Å². The van der Waals surface area contributed by atoms with Gasteiger partial charge in [0.25, 0.3) is 0 Å². The summed E-state index contributed by atoms with van der Waals surface area (Å²) >= 11 is 1.58. The molecule has 0 aliphatic carbocycles. The molecule has 0 spiro atoms. The minimum absolute atomic E-state index is 0.123. The number of hydrogen-bond donors (Lipinski definition) is 0. The molecule has 1 unspecified atom stereocenters. The highest BCUT2D eigenvalue weighted by Gasteiger charge is 2.34. The Balaban J connectivity index is 1.67. The van der Waals surface area contributed by atoms with Crippen molar-refractivity contribution in [3.63, 3.8) is 0 Å². The quantitative estimate of drug-likeness (QED) is 0.0538. The summed E-state index contributed by atoms with van der Waals surface area (Å²) in [5.74, 6) is 2.24. The van der Waals surface area contributed by atoms with Crippen LogP contribution in [0.4, 0.5) is 0 Å². The molecule has 3 rings (SSSR count). The number of thioether (sulfide) groups is 1. The fraction of sp³-hybridized carbons (Fsp3) is 0.694. The molecule has 2 aromatic carbocycles. The van der Waals surface area contributed by atoms with Crippen LogP contribution in [-0.4, -0.2) is 19.0 Å². The predicted octanol–water partition coefficient (Wildman–Crippen LogP) is 16.5. The maximum atomic E-state index is 14.1. The Morgan fingerprint density at radius 2 is 1.02 bits per heavy atom. The molecule has 0 radical (unpaired) electrons. The van der Waals surface area contributed by atoms with E-state index in [9.17, 15) is 4.79 Å². The summed E-state index contributed by atoms with van der Waals surface area (Å²) in [5.41, 5.74) is 3.07. The topological polar surface area (TPSA) is 35.5 Å². The van der Waals surface area contributed by atoms with Crippen molar-refractivity contribution < 1.29 is 14.3 Å². The molecule has 0 saturated heterocycles.